The molecule has 0 unspecified atom stereocenters. The van der Waals surface area contributed by atoms with E-state index in [-0.39, 0.29) is 11.7 Å². The minimum absolute atomic E-state index is 0.110. The highest BCUT2D eigenvalue weighted by atomic mass is 16.3. The van der Waals surface area contributed by atoms with Gasteiger partial charge < -0.3 is 15.4 Å². The van der Waals surface area contributed by atoms with E-state index < -0.39 is 0 Å². The van der Waals surface area contributed by atoms with Crippen molar-refractivity contribution >= 4 is 22.6 Å². The molecule has 0 saturated heterocycles. The van der Waals surface area contributed by atoms with Crippen LogP contribution in [-0.4, -0.2) is 21.0 Å². The topological polar surface area (TPSA) is 78.0 Å². The molecule has 5 nitrogen and oxygen atoms in total. The maximum atomic E-state index is 12.2. The molecule has 5 heteroatoms. The van der Waals surface area contributed by atoms with Crippen molar-refractivity contribution < 1.29 is 9.90 Å². The first-order chi connectivity index (χ1) is 9.24. The molecule has 0 spiro atoms. The lowest BCUT2D eigenvalue weighted by atomic mass is 10.2. The van der Waals surface area contributed by atoms with Crippen LogP contribution >= 0.6 is 0 Å². The fourth-order valence-corrected chi connectivity index (χ4v) is 1.93. The molecule has 2 aromatic heterocycles. The zero-order valence-corrected chi connectivity index (χ0v) is 9.92. The van der Waals surface area contributed by atoms with E-state index in [0.717, 1.165) is 5.39 Å². The quantitative estimate of drug-likeness (QED) is 0.656. The molecular weight excluding hydrogens is 242 g/mol. The van der Waals surface area contributed by atoms with Crippen LogP contribution in [0.1, 0.15) is 10.4 Å². The molecule has 0 aliphatic rings. The molecule has 1 aromatic carbocycles. The number of hydrogen-bond donors (Lipinski definition) is 3. The van der Waals surface area contributed by atoms with Crippen LogP contribution in [0, 0.1) is 0 Å². The number of benzene rings is 1. The molecule has 0 radical (unpaired) electrons. The van der Waals surface area contributed by atoms with Gasteiger partial charge in [0.15, 0.2) is 0 Å². The van der Waals surface area contributed by atoms with Crippen LogP contribution in [0.5, 0.6) is 5.75 Å². The summed E-state index contributed by atoms with van der Waals surface area (Å²) in [6.45, 7) is 0. The summed E-state index contributed by atoms with van der Waals surface area (Å²) in [6.07, 6.45) is 3.28. The van der Waals surface area contributed by atoms with Gasteiger partial charge in [-0.15, -0.1) is 0 Å². The lowest BCUT2D eigenvalue weighted by molar-refractivity contribution is 0.102. The lowest BCUT2D eigenvalue weighted by Crippen LogP contribution is -2.11. The molecular formula is C14H11N3O2. The number of aromatic nitrogens is 2. The normalized spacial score (nSPS) is 10.5. The van der Waals surface area contributed by atoms with Gasteiger partial charge in [0.25, 0.3) is 5.91 Å². The van der Waals surface area contributed by atoms with Crippen LogP contribution in [0.25, 0.3) is 11.0 Å². The van der Waals surface area contributed by atoms with E-state index in [2.05, 4.69) is 15.3 Å². The second-order valence-corrected chi connectivity index (χ2v) is 4.11. The highest BCUT2D eigenvalue weighted by Crippen LogP contribution is 2.19. The van der Waals surface area contributed by atoms with Crippen molar-refractivity contribution in [3.05, 3.63) is 54.4 Å². The number of nitrogens with zero attached hydrogens (tertiary/aromatic N) is 1. The Kier molecular flexibility index (Phi) is 2.64. The highest BCUT2D eigenvalue weighted by Gasteiger charge is 2.12. The van der Waals surface area contributed by atoms with E-state index in [0.29, 0.717) is 16.9 Å². The monoisotopic (exact) mass is 253 g/mol. The van der Waals surface area contributed by atoms with Crippen molar-refractivity contribution in [2.75, 3.05) is 5.32 Å². The number of pyridine rings is 1. The van der Waals surface area contributed by atoms with E-state index in [4.69, 9.17) is 0 Å². The van der Waals surface area contributed by atoms with Crippen molar-refractivity contribution in [3.63, 3.8) is 0 Å². The van der Waals surface area contributed by atoms with Crippen LogP contribution in [0.15, 0.2) is 48.8 Å². The average Bonchev–Trinajstić information content (AvgIpc) is 2.82. The Morgan fingerprint density at radius 2 is 2.16 bits per heavy atom. The van der Waals surface area contributed by atoms with Gasteiger partial charge in [-0.25, -0.2) is 4.98 Å². The number of H-pyrrole nitrogens is 1. The zero-order chi connectivity index (χ0) is 13.2. The number of anilines is 1. The molecule has 19 heavy (non-hydrogen) atoms. The van der Waals surface area contributed by atoms with Gasteiger partial charge in [-0.05, 0) is 24.3 Å². The standard InChI is InChI=1S/C14H11N3O2/c18-10-4-1-3-9(7-10)17-14(19)12-8-16-13-11(12)5-2-6-15-13/h1-8,18H,(H,15,16)(H,17,19). The predicted molar refractivity (Wildman–Crippen MR) is 72.2 cm³/mol. The first-order valence-electron chi connectivity index (χ1n) is 5.76. The third kappa shape index (κ3) is 2.13. The van der Waals surface area contributed by atoms with Crippen LogP contribution in [0.4, 0.5) is 5.69 Å². The number of fused-ring (bicyclic) bond motifs is 1. The van der Waals surface area contributed by atoms with Gasteiger partial charge in [-0.2, -0.15) is 0 Å². The van der Waals surface area contributed by atoms with Gasteiger partial charge in [-0.1, -0.05) is 6.07 Å². The van der Waals surface area contributed by atoms with Crippen molar-refractivity contribution in [1.82, 2.24) is 9.97 Å². The van der Waals surface area contributed by atoms with Gasteiger partial charge in [0.1, 0.15) is 11.4 Å². The third-order valence-electron chi connectivity index (χ3n) is 2.80. The van der Waals surface area contributed by atoms with E-state index in [1.54, 1.807) is 36.7 Å². The van der Waals surface area contributed by atoms with Gasteiger partial charge in [0.05, 0.1) is 5.56 Å². The number of amides is 1. The molecule has 1 amide bonds. The zero-order valence-electron chi connectivity index (χ0n) is 9.92. The number of aromatic amines is 1. The average molecular weight is 253 g/mol. The Morgan fingerprint density at radius 1 is 1.26 bits per heavy atom. The van der Waals surface area contributed by atoms with Crippen molar-refractivity contribution in [3.8, 4) is 5.75 Å². The molecule has 3 rings (SSSR count). The van der Waals surface area contributed by atoms with E-state index in [1.807, 2.05) is 6.07 Å². The maximum Gasteiger partial charge on any atom is 0.257 e. The molecule has 2 heterocycles. The van der Waals surface area contributed by atoms with Crippen LogP contribution in [-0.2, 0) is 0 Å². The maximum absolute atomic E-state index is 12.2. The third-order valence-corrected chi connectivity index (χ3v) is 2.80. The minimum Gasteiger partial charge on any atom is -0.508 e. The Bertz CT molecular complexity index is 749. The smallest absolute Gasteiger partial charge is 0.257 e. The van der Waals surface area contributed by atoms with Crippen molar-refractivity contribution in [2.24, 2.45) is 0 Å². The largest absolute Gasteiger partial charge is 0.508 e. The van der Waals surface area contributed by atoms with Crippen LogP contribution < -0.4 is 5.32 Å². The molecule has 0 aliphatic heterocycles. The van der Waals surface area contributed by atoms with Gasteiger partial charge in [-0.3, -0.25) is 4.79 Å². The number of carbonyl (C=O) groups excluding carboxylic acids is 1. The molecule has 94 valence electrons. The summed E-state index contributed by atoms with van der Waals surface area (Å²) >= 11 is 0. The van der Waals surface area contributed by atoms with Crippen molar-refractivity contribution in [2.45, 2.75) is 0 Å². The summed E-state index contributed by atoms with van der Waals surface area (Å²) in [5.74, 6) is -0.136. The Balaban J connectivity index is 1.92. The summed E-state index contributed by atoms with van der Waals surface area (Å²) in [5, 5.41) is 12.9. The molecule has 0 bridgehead atoms. The summed E-state index contributed by atoms with van der Waals surface area (Å²) in [5.41, 5.74) is 1.73. The minimum atomic E-state index is -0.246. The Hall–Kier alpha value is -2.82. The van der Waals surface area contributed by atoms with Gasteiger partial charge >= 0.3 is 0 Å². The number of hydrogen-bond acceptors (Lipinski definition) is 3. The van der Waals surface area contributed by atoms with Crippen molar-refractivity contribution in [1.29, 1.82) is 0 Å². The summed E-state index contributed by atoms with van der Waals surface area (Å²) in [4.78, 5) is 19.2. The predicted octanol–water partition coefficient (Wildman–Crippen LogP) is 2.52. The second-order valence-electron chi connectivity index (χ2n) is 4.11. The van der Waals surface area contributed by atoms with E-state index in [9.17, 15) is 9.90 Å². The Morgan fingerprint density at radius 3 is 3.00 bits per heavy atom. The number of nitrogens with one attached hydrogen (secondary N) is 2. The SMILES string of the molecule is O=C(Nc1cccc(O)c1)c1c[nH]c2ncccc12. The molecule has 0 saturated carbocycles. The molecule has 0 aliphatic carbocycles. The lowest BCUT2D eigenvalue weighted by Gasteiger charge is -2.04. The fraction of sp³-hybridized carbons (Fsp3) is 0. The van der Waals surface area contributed by atoms with Crippen LogP contribution in [0.2, 0.25) is 0 Å². The first-order valence-corrected chi connectivity index (χ1v) is 5.76. The number of carbonyl (C=O) groups is 1. The number of phenols is 1. The summed E-state index contributed by atoms with van der Waals surface area (Å²) in [6, 6.07) is 10.0. The molecule has 3 aromatic rings. The molecule has 0 atom stereocenters. The fourth-order valence-electron chi connectivity index (χ4n) is 1.93. The Labute approximate surface area is 108 Å². The van der Waals surface area contributed by atoms with Gasteiger partial charge in [0.2, 0.25) is 0 Å². The number of aromatic hydroxyl groups is 1. The number of phenolic OH excluding ortho intramolecular Hbond substituents is 1. The number of rotatable bonds is 2. The first kappa shape index (κ1) is 11.3. The van der Waals surface area contributed by atoms with E-state index >= 15 is 0 Å². The second kappa shape index (κ2) is 4.45. The van der Waals surface area contributed by atoms with Gasteiger partial charge in [0, 0.05) is 29.5 Å². The van der Waals surface area contributed by atoms with E-state index in [1.165, 1.54) is 6.07 Å². The molecule has 0 fully saturated rings. The summed E-state index contributed by atoms with van der Waals surface area (Å²) < 4.78 is 0. The highest BCUT2D eigenvalue weighted by molar-refractivity contribution is 6.12. The summed E-state index contributed by atoms with van der Waals surface area (Å²) in [7, 11) is 0. The molecule has 3 N–H and O–H groups in total. The van der Waals surface area contributed by atoms with Crippen LogP contribution in [0.3, 0.4) is 0 Å².